The van der Waals surface area contributed by atoms with Gasteiger partial charge in [-0.1, -0.05) is 18.5 Å². The molecule has 1 rings (SSSR count). The number of anilines is 1. The van der Waals surface area contributed by atoms with Crippen molar-refractivity contribution in [3.05, 3.63) is 23.0 Å². The second kappa shape index (κ2) is 4.78. The normalized spacial score (nSPS) is 11.4. The Morgan fingerprint density at radius 2 is 2.20 bits per heavy atom. The molecule has 0 atom stereocenters. The van der Waals surface area contributed by atoms with Crippen molar-refractivity contribution in [1.82, 2.24) is 9.71 Å². The van der Waals surface area contributed by atoms with Gasteiger partial charge < -0.3 is 0 Å². The monoisotopic (exact) mass is 249 g/mol. The largest absolute Gasteiger partial charge is 0.299 e. The fourth-order valence-corrected chi connectivity index (χ4v) is 1.97. The van der Waals surface area contributed by atoms with Crippen LogP contribution in [0.5, 0.6) is 0 Å². The van der Waals surface area contributed by atoms with Gasteiger partial charge in [-0.15, -0.1) is 0 Å². The fourth-order valence-electron chi connectivity index (χ4n) is 0.995. The smallest absolute Gasteiger partial charge is 0.270 e. The van der Waals surface area contributed by atoms with E-state index in [1.165, 1.54) is 6.20 Å². The van der Waals surface area contributed by atoms with Crippen LogP contribution >= 0.6 is 11.6 Å². The van der Waals surface area contributed by atoms with E-state index >= 15 is 0 Å². The summed E-state index contributed by atoms with van der Waals surface area (Å²) < 4.78 is 27.3. The molecule has 0 aliphatic carbocycles. The van der Waals surface area contributed by atoms with Crippen molar-refractivity contribution in [2.24, 2.45) is 0 Å². The molecule has 0 aromatic carbocycles. The van der Waals surface area contributed by atoms with Gasteiger partial charge in [-0.2, -0.15) is 13.1 Å². The van der Waals surface area contributed by atoms with Crippen LogP contribution in [0.15, 0.2) is 12.3 Å². The Balaban J connectivity index is 2.86. The maximum absolute atomic E-state index is 11.3. The Morgan fingerprint density at radius 3 is 2.73 bits per heavy atom. The van der Waals surface area contributed by atoms with Crippen LogP contribution in [0, 0.1) is 6.92 Å². The molecule has 1 aromatic heterocycles. The molecule has 2 N–H and O–H groups in total. The summed E-state index contributed by atoms with van der Waals surface area (Å²) in [5.74, 6) is 0. The van der Waals surface area contributed by atoms with Crippen molar-refractivity contribution in [3.63, 3.8) is 0 Å². The first-order valence-electron chi connectivity index (χ1n) is 4.34. The molecule has 0 saturated carbocycles. The third kappa shape index (κ3) is 3.65. The van der Waals surface area contributed by atoms with E-state index in [1.807, 2.05) is 0 Å². The minimum Gasteiger partial charge on any atom is -0.270 e. The minimum atomic E-state index is -3.50. The van der Waals surface area contributed by atoms with Crippen LogP contribution in [0.3, 0.4) is 0 Å². The van der Waals surface area contributed by atoms with Crippen molar-refractivity contribution < 1.29 is 8.42 Å². The van der Waals surface area contributed by atoms with E-state index in [4.69, 9.17) is 11.6 Å². The van der Waals surface area contributed by atoms with Crippen molar-refractivity contribution in [1.29, 1.82) is 0 Å². The van der Waals surface area contributed by atoms with Gasteiger partial charge >= 0.3 is 0 Å². The highest BCUT2D eigenvalue weighted by molar-refractivity contribution is 7.90. The summed E-state index contributed by atoms with van der Waals surface area (Å²) in [4.78, 5) is 3.83. The molecule has 0 bridgehead atoms. The molecule has 1 aromatic rings. The summed E-state index contributed by atoms with van der Waals surface area (Å²) in [5, 5.41) is 0.362. The molecule has 0 fully saturated rings. The van der Waals surface area contributed by atoms with E-state index in [0.717, 1.165) is 0 Å². The van der Waals surface area contributed by atoms with Gasteiger partial charge in [-0.05, 0) is 18.6 Å². The topological polar surface area (TPSA) is 71.1 Å². The van der Waals surface area contributed by atoms with E-state index in [2.05, 4.69) is 14.4 Å². The number of nitrogens with one attached hydrogen (secondary N) is 2. The number of hydrogen-bond acceptors (Lipinski definition) is 3. The van der Waals surface area contributed by atoms with Crippen LogP contribution in [0.25, 0.3) is 0 Å². The zero-order chi connectivity index (χ0) is 11.5. The minimum absolute atomic E-state index is 0.329. The number of pyridine rings is 1. The van der Waals surface area contributed by atoms with Gasteiger partial charge in [0.15, 0.2) is 0 Å². The van der Waals surface area contributed by atoms with Crippen LogP contribution in [0.1, 0.15) is 12.5 Å². The number of rotatable bonds is 4. The van der Waals surface area contributed by atoms with Gasteiger partial charge in [0.25, 0.3) is 10.2 Å². The summed E-state index contributed by atoms with van der Waals surface area (Å²) in [7, 11) is -3.50. The number of hydrogen-bond donors (Lipinski definition) is 2. The molecule has 7 heteroatoms. The highest BCUT2D eigenvalue weighted by Crippen LogP contribution is 2.16. The number of aryl methyl sites for hydroxylation is 1. The average Bonchev–Trinajstić information content (AvgIpc) is 2.10. The Bertz CT molecular complexity index is 447. The van der Waals surface area contributed by atoms with Gasteiger partial charge in [0.05, 0.1) is 11.9 Å². The van der Waals surface area contributed by atoms with Crippen molar-refractivity contribution >= 4 is 27.5 Å². The van der Waals surface area contributed by atoms with E-state index in [-0.39, 0.29) is 0 Å². The zero-order valence-electron chi connectivity index (χ0n) is 8.41. The summed E-state index contributed by atoms with van der Waals surface area (Å²) in [5.41, 5.74) is 1.10. The zero-order valence-corrected chi connectivity index (χ0v) is 9.98. The predicted molar refractivity (Wildman–Crippen MR) is 60.2 cm³/mol. The van der Waals surface area contributed by atoms with E-state index in [9.17, 15) is 8.42 Å². The lowest BCUT2D eigenvalue weighted by molar-refractivity contribution is 0.589. The first-order valence-corrected chi connectivity index (χ1v) is 6.20. The van der Waals surface area contributed by atoms with E-state index in [0.29, 0.717) is 22.9 Å². The third-order valence-electron chi connectivity index (χ3n) is 1.60. The molecule has 0 unspecified atom stereocenters. The quantitative estimate of drug-likeness (QED) is 0.791. The molecule has 0 radical (unpaired) electrons. The maximum Gasteiger partial charge on any atom is 0.299 e. The van der Waals surface area contributed by atoms with Gasteiger partial charge in [0.2, 0.25) is 0 Å². The number of aromatic nitrogens is 1. The van der Waals surface area contributed by atoms with Gasteiger partial charge in [-0.25, -0.2) is 4.98 Å². The van der Waals surface area contributed by atoms with Crippen LogP contribution in [-0.4, -0.2) is 19.9 Å². The lowest BCUT2D eigenvalue weighted by atomic mass is 10.3. The van der Waals surface area contributed by atoms with Crippen LogP contribution < -0.4 is 9.44 Å². The first kappa shape index (κ1) is 12.2. The second-order valence-corrected chi connectivity index (χ2v) is 4.79. The van der Waals surface area contributed by atoms with Gasteiger partial charge in [-0.3, -0.25) is 4.72 Å². The van der Waals surface area contributed by atoms with Crippen LogP contribution in [0.2, 0.25) is 5.15 Å². The van der Waals surface area contributed by atoms with Gasteiger partial charge in [0.1, 0.15) is 5.15 Å². The third-order valence-corrected chi connectivity index (χ3v) is 3.17. The second-order valence-electron chi connectivity index (χ2n) is 2.94. The van der Waals surface area contributed by atoms with Crippen molar-refractivity contribution in [3.8, 4) is 0 Å². The van der Waals surface area contributed by atoms with E-state index in [1.54, 1.807) is 19.9 Å². The van der Waals surface area contributed by atoms with Crippen LogP contribution in [-0.2, 0) is 10.2 Å². The Kier molecular flexibility index (Phi) is 3.90. The van der Waals surface area contributed by atoms with Gasteiger partial charge in [0, 0.05) is 6.54 Å². The Labute approximate surface area is 94.0 Å². The lowest BCUT2D eigenvalue weighted by Crippen LogP contribution is -2.29. The summed E-state index contributed by atoms with van der Waals surface area (Å²) in [6.45, 7) is 3.78. The predicted octanol–water partition coefficient (Wildman–Crippen LogP) is 1.31. The molecule has 0 aliphatic heterocycles. The molecule has 0 spiro atoms. The van der Waals surface area contributed by atoms with E-state index < -0.39 is 10.2 Å². The SMILES string of the molecule is CCNS(=O)(=O)Nc1cnc(Cl)c(C)c1. The van der Waals surface area contributed by atoms with Crippen molar-refractivity contribution in [2.75, 3.05) is 11.3 Å². The fraction of sp³-hybridized carbons (Fsp3) is 0.375. The standard InChI is InChI=1S/C8H12ClN3O2S/c1-3-11-15(13,14)12-7-4-6(2)8(9)10-5-7/h4-5,11-12H,3H2,1-2H3. The number of nitrogens with zero attached hydrogens (tertiary/aromatic N) is 1. The Morgan fingerprint density at radius 1 is 1.53 bits per heavy atom. The molecule has 0 saturated heterocycles. The summed E-state index contributed by atoms with van der Waals surface area (Å²) in [6, 6.07) is 1.62. The highest BCUT2D eigenvalue weighted by Gasteiger charge is 2.08. The molecule has 1 heterocycles. The molecular weight excluding hydrogens is 238 g/mol. The van der Waals surface area contributed by atoms with Crippen LogP contribution in [0.4, 0.5) is 5.69 Å². The van der Waals surface area contributed by atoms with Crippen molar-refractivity contribution in [2.45, 2.75) is 13.8 Å². The lowest BCUT2D eigenvalue weighted by Gasteiger charge is -2.08. The number of halogens is 1. The summed E-state index contributed by atoms with van der Waals surface area (Å²) in [6.07, 6.45) is 1.37. The molecule has 0 amide bonds. The highest BCUT2D eigenvalue weighted by atomic mass is 35.5. The molecule has 0 aliphatic rings. The summed E-state index contributed by atoms with van der Waals surface area (Å²) >= 11 is 5.71. The average molecular weight is 250 g/mol. The first-order chi connectivity index (χ1) is 6.94. The molecule has 5 nitrogen and oxygen atoms in total. The Hall–Kier alpha value is -0.850. The molecular formula is C8H12ClN3O2S. The molecule has 84 valence electrons. The molecule has 15 heavy (non-hydrogen) atoms. The maximum atomic E-state index is 11.3.